The van der Waals surface area contributed by atoms with Gasteiger partial charge in [0.15, 0.2) is 6.61 Å². The Bertz CT molecular complexity index is 984. The SMILES string of the molecule is O=C(COC(=O)/C=C/c1sc2ccccc2c1Cl)Nc1ccc(Cl)cn1. The summed E-state index contributed by atoms with van der Waals surface area (Å²) in [4.78, 5) is 28.2. The van der Waals surface area contributed by atoms with Gasteiger partial charge in [-0.25, -0.2) is 9.78 Å². The summed E-state index contributed by atoms with van der Waals surface area (Å²) in [5.41, 5.74) is 0. The predicted octanol–water partition coefficient (Wildman–Crippen LogP) is 4.80. The van der Waals surface area contributed by atoms with Gasteiger partial charge in [-0.1, -0.05) is 41.4 Å². The lowest BCUT2D eigenvalue weighted by molar-refractivity contribution is -0.142. The van der Waals surface area contributed by atoms with E-state index in [9.17, 15) is 9.59 Å². The highest BCUT2D eigenvalue weighted by atomic mass is 35.5. The maximum absolute atomic E-state index is 11.8. The normalized spacial score (nSPS) is 11.0. The van der Waals surface area contributed by atoms with E-state index in [0.29, 0.717) is 15.9 Å². The minimum Gasteiger partial charge on any atom is -0.452 e. The molecular formula is C18H12Cl2N2O3S. The zero-order valence-corrected chi connectivity index (χ0v) is 15.6. The first-order valence-electron chi connectivity index (χ1n) is 7.46. The van der Waals surface area contributed by atoms with Gasteiger partial charge < -0.3 is 10.1 Å². The number of carbonyl (C=O) groups excluding carboxylic acids is 2. The van der Waals surface area contributed by atoms with Gasteiger partial charge in [-0.15, -0.1) is 11.3 Å². The van der Waals surface area contributed by atoms with Crippen LogP contribution in [0.2, 0.25) is 10.0 Å². The first-order chi connectivity index (χ1) is 12.5. The number of hydrogen-bond acceptors (Lipinski definition) is 5. The Morgan fingerprint density at radius 3 is 2.73 bits per heavy atom. The summed E-state index contributed by atoms with van der Waals surface area (Å²) in [5.74, 6) is -0.817. The summed E-state index contributed by atoms with van der Waals surface area (Å²) in [6.07, 6.45) is 4.22. The zero-order chi connectivity index (χ0) is 18.5. The van der Waals surface area contributed by atoms with Gasteiger partial charge >= 0.3 is 5.97 Å². The molecular weight excluding hydrogens is 395 g/mol. The van der Waals surface area contributed by atoms with Crippen LogP contribution >= 0.6 is 34.5 Å². The van der Waals surface area contributed by atoms with Crippen molar-refractivity contribution in [2.45, 2.75) is 0 Å². The molecule has 2 aromatic heterocycles. The third-order valence-electron chi connectivity index (χ3n) is 3.27. The number of anilines is 1. The molecule has 2 heterocycles. The lowest BCUT2D eigenvalue weighted by Crippen LogP contribution is -2.20. The second kappa shape index (κ2) is 8.31. The summed E-state index contributed by atoms with van der Waals surface area (Å²) >= 11 is 13.5. The van der Waals surface area contributed by atoms with Crippen LogP contribution in [0.4, 0.5) is 5.82 Å². The van der Waals surface area contributed by atoms with E-state index in [4.69, 9.17) is 27.9 Å². The number of nitrogens with zero attached hydrogens (tertiary/aromatic N) is 1. The molecule has 5 nitrogen and oxygen atoms in total. The molecule has 3 aromatic rings. The molecule has 1 N–H and O–H groups in total. The number of esters is 1. The fraction of sp³-hybridized carbons (Fsp3) is 0.0556. The topological polar surface area (TPSA) is 68.3 Å². The number of benzene rings is 1. The van der Waals surface area contributed by atoms with E-state index in [1.807, 2.05) is 24.3 Å². The minimum absolute atomic E-state index is 0.322. The van der Waals surface area contributed by atoms with Crippen molar-refractivity contribution >= 4 is 68.4 Å². The predicted molar refractivity (Wildman–Crippen MR) is 105 cm³/mol. The first kappa shape index (κ1) is 18.4. The van der Waals surface area contributed by atoms with Crippen molar-refractivity contribution in [3.05, 3.63) is 63.6 Å². The Balaban J connectivity index is 1.54. The van der Waals surface area contributed by atoms with Crippen LogP contribution in [-0.4, -0.2) is 23.5 Å². The molecule has 0 saturated carbocycles. The molecule has 0 atom stereocenters. The Hall–Kier alpha value is -2.41. The van der Waals surface area contributed by atoms with Crippen LogP contribution in [0.5, 0.6) is 0 Å². The number of ether oxygens (including phenoxy) is 1. The first-order valence-corrected chi connectivity index (χ1v) is 9.03. The van der Waals surface area contributed by atoms with Gasteiger partial charge in [0.05, 0.1) is 10.0 Å². The van der Waals surface area contributed by atoms with Crippen LogP contribution in [0, 0.1) is 0 Å². The average molecular weight is 407 g/mol. The molecule has 1 aromatic carbocycles. The third kappa shape index (κ3) is 4.60. The smallest absolute Gasteiger partial charge is 0.331 e. The molecule has 0 aliphatic rings. The quantitative estimate of drug-likeness (QED) is 0.488. The molecule has 0 saturated heterocycles. The van der Waals surface area contributed by atoms with Gasteiger partial charge in [0.25, 0.3) is 5.91 Å². The van der Waals surface area contributed by atoms with E-state index in [-0.39, 0.29) is 0 Å². The Morgan fingerprint density at radius 1 is 1.19 bits per heavy atom. The Morgan fingerprint density at radius 2 is 2.00 bits per heavy atom. The Kier molecular flexibility index (Phi) is 5.88. The van der Waals surface area contributed by atoms with Gasteiger partial charge in [-0.05, 0) is 24.3 Å². The van der Waals surface area contributed by atoms with E-state index in [1.54, 1.807) is 18.2 Å². The maximum atomic E-state index is 11.8. The summed E-state index contributed by atoms with van der Waals surface area (Å²) in [6.45, 7) is -0.423. The maximum Gasteiger partial charge on any atom is 0.331 e. The van der Waals surface area contributed by atoms with Crippen LogP contribution in [-0.2, 0) is 14.3 Å². The number of hydrogen-bond donors (Lipinski definition) is 1. The fourth-order valence-corrected chi connectivity index (χ4v) is 3.61. The molecule has 0 aliphatic carbocycles. The molecule has 1 amide bonds. The van der Waals surface area contributed by atoms with E-state index < -0.39 is 18.5 Å². The van der Waals surface area contributed by atoms with Crippen molar-refractivity contribution in [2.75, 3.05) is 11.9 Å². The van der Waals surface area contributed by atoms with Crippen molar-refractivity contribution in [1.29, 1.82) is 0 Å². The number of pyridine rings is 1. The fourth-order valence-electron chi connectivity index (χ4n) is 2.10. The second-order valence-corrected chi connectivity index (χ2v) is 7.03. The average Bonchev–Trinajstić information content (AvgIpc) is 2.96. The standard InChI is InChI=1S/C18H12Cl2N2O3S/c19-11-5-7-15(21-9-11)22-16(23)10-25-17(24)8-6-14-18(20)12-3-1-2-4-13(12)26-14/h1-9H,10H2,(H,21,22,23)/b8-6+. The number of halogens is 2. The largest absolute Gasteiger partial charge is 0.452 e. The van der Waals surface area contributed by atoms with E-state index in [1.165, 1.54) is 23.6 Å². The molecule has 3 rings (SSSR count). The summed E-state index contributed by atoms with van der Waals surface area (Å²) < 4.78 is 5.93. The highest BCUT2D eigenvalue weighted by Crippen LogP contribution is 2.35. The summed E-state index contributed by atoms with van der Waals surface area (Å²) in [5, 5.41) is 4.47. The van der Waals surface area contributed by atoms with Gasteiger partial charge in [0.1, 0.15) is 5.82 Å². The molecule has 132 valence electrons. The number of amides is 1. The Labute approximate surface area is 163 Å². The lowest BCUT2D eigenvalue weighted by Gasteiger charge is -2.04. The molecule has 0 fully saturated rings. The molecule has 0 bridgehead atoms. The molecule has 26 heavy (non-hydrogen) atoms. The molecule has 0 unspecified atom stereocenters. The summed E-state index contributed by atoms with van der Waals surface area (Å²) in [7, 11) is 0. The number of aromatic nitrogens is 1. The lowest BCUT2D eigenvalue weighted by atomic mass is 10.2. The molecule has 8 heteroatoms. The minimum atomic E-state index is -0.641. The van der Waals surface area contributed by atoms with Crippen molar-refractivity contribution in [3.63, 3.8) is 0 Å². The van der Waals surface area contributed by atoms with Gasteiger partial charge in [-0.2, -0.15) is 0 Å². The molecule has 0 aliphatic heterocycles. The van der Waals surface area contributed by atoms with Crippen molar-refractivity contribution in [1.82, 2.24) is 4.98 Å². The van der Waals surface area contributed by atoms with E-state index in [0.717, 1.165) is 15.0 Å². The van der Waals surface area contributed by atoms with Gasteiger partial charge in [0, 0.05) is 27.2 Å². The number of nitrogens with one attached hydrogen (secondary N) is 1. The van der Waals surface area contributed by atoms with Crippen LogP contribution in [0.15, 0.2) is 48.7 Å². The molecule has 0 radical (unpaired) electrons. The van der Waals surface area contributed by atoms with E-state index >= 15 is 0 Å². The third-order valence-corrected chi connectivity index (χ3v) is 5.15. The van der Waals surface area contributed by atoms with Crippen molar-refractivity contribution < 1.29 is 14.3 Å². The number of fused-ring (bicyclic) bond motifs is 1. The van der Waals surface area contributed by atoms with Gasteiger partial charge in [-0.3, -0.25) is 4.79 Å². The van der Waals surface area contributed by atoms with Crippen LogP contribution < -0.4 is 5.32 Å². The second-order valence-electron chi connectivity index (χ2n) is 5.13. The van der Waals surface area contributed by atoms with Crippen LogP contribution in [0.3, 0.4) is 0 Å². The zero-order valence-electron chi connectivity index (χ0n) is 13.2. The van der Waals surface area contributed by atoms with Crippen molar-refractivity contribution in [2.24, 2.45) is 0 Å². The molecule has 0 spiro atoms. The number of thiophene rings is 1. The van der Waals surface area contributed by atoms with Crippen molar-refractivity contribution in [3.8, 4) is 0 Å². The number of rotatable bonds is 5. The highest BCUT2D eigenvalue weighted by molar-refractivity contribution is 7.20. The summed E-state index contributed by atoms with van der Waals surface area (Å²) in [6, 6.07) is 10.8. The van der Waals surface area contributed by atoms with E-state index in [2.05, 4.69) is 10.3 Å². The number of carbonyl (C=O) groups is 2. The highest BCUT2D eigenvalue weighted by Gasteiger charge is 2.09. The van der Waals surface area contributed by atoms with Crippen LogP contribution in [0.1, 0.15) is 4.88 Å². The van der Waals surface area contributed by atoms with Gasteiger partial charge in [0.2, 0.25) is 0 Å². The monoisotopic (exact) mass is 406 g/mol. The van der Waals surface area contributed by atoms with Crippen LogP contribution in [0.25, 0.3) is 16.2 Å².